The second-order valence-electron chi connectivity index (χ2n) is 8.68. The molecule has 4 N–H and O–H groups in total. The Kier molecular flexibility index (Phi) is 11.1. The third-order valence-corrected chi connectivity index (χ3v) is 6.65. The third-order valence-electron chi connectivity index (χ3n) is 5.72. The molecule has 196 valence electrons. The molecule has 0 bridgehead atoms. The van der Waals surface area contributed by atoms with E-state index >= 15 is 0 Å². The molecule has 1 aliphatic rings. The summed E-state index contributed by atoms with van der Waals surface area (Å²) in [6.45, 7) is 8.91. The quantitative estimate of drug-likeness (QED) is 0.155. The minimum absolute atomic E-state index is 0.220. The number of hydrogen-bond acceptors (Lipinski definition) is 9. The van der Waals surface area contributed by atoms with Gasteiger partial charge < -0.3 is 26.0 Å². The number of allylic oxidation sites excluding steroid dienone is 1. The summed E-state index contributed by atoms with van der Waals surface area (Å²) in [5.41, 5.74) is 2.35. The average molecular weight is 515 g/mol. The molecule has 11 heteroatoms. The number of nitrogens with one attached hydrogen (secondary N) is 4. The minimum Gasteiger partial charge on any atom is -0.468 e. The summed E-state index contributed by atoms with van der Waals surface area (Å²) in [7, 11) is 3.21. The van der Waals surface area contributed by atoms with Crippen LogP contribution in [-0.4, -0.2) is 79.7 Å². The fraction of sp³-hybridized carbons (Fsp3) is 0.520. The number of thiazole rings is 1. The van der Waals surface area contributed by atoms with Crippen LogP contribution in [0.3, 0.4) is 0 Å². The van der Waals surface area contributed by atoms with Crippen LogP contribution in [0.4, 0.5) is 10.9 Å². The van der Waals surface area contributed by atoms with Gasteiger partial charge in [-0.3, -0.25) is 14.7 Å². The summed E-state index contributed by atoms with van der Waals surface area (Å²) >= 11 is 1.63. The van der Waals surface area contributed by atoms with Crippen molar-refractivity contribution in [3.63, 3.8) is 0 Å². The van der Waals surface area contributed by atoms with Gasteiger partial charge in [0.05, 0.1) is 7.11 Å². The Balaban J connectivity index is 1.45. The second kappa shape index (κ2) is 14.5. The highest BCUT2D eigenvalue weighted by Crippen LogP contribution is 2.22. The zero-order chi connectivity index (χ0) is 25.8. The highest BCUT2D eigenvalue weighted by atomic mass is 32.1. The van der Waals surface area contributed by atoms with E-state index in [0.717, 1.165) is 68.0 Å². The highest BCUT2D eigenvalue weighted by Gasteiger charge is 2.25. The van der Waals surface area contributed by atoms with E-state index in [2.05, 4.69) is 67.1 Å². The molecule has 0 aromatic carbocycles. The number of carbonyl (C=O) groups is 1. The number of aromatic nitrogens is 2. The lowest BCUT2D eigenvalue weighted by Gasteiger charge is -2.32. The topological polar surface area (TPSA) is 116 Å². The molecule has 1 aliphatic heterocycles. The first-order valence-electron chi connectivity index (χ1n) is 12.3. The van der Waals surface area contributed by atoms with Crippen LogP contribution in [0.1, 0.15) is 30.7 Å². The molecular formula is C25H38N8O2S. The van der Waals surface area contributed by atoms with Crippen molar-refractivity contribution in [1.82, 2.24) is 30.8 Å². The van der Waals surface area contributed by atoms with Crippen LogP contribution < -0.4 is 21.3 Å². The van der Waals surface area contributed by atoms with Crippen molar-refractivity contribution in [1.29, 1.82) is 0 Å². The molecule has 36 heavy (non-hydrogen) atoms. The Morgan fingerprint density at radius 2 is 2.19 bits per heavy atom. The number of hydrogen-bond donors (Lipinski definition) is 4. The van der Waals surface area contributed by atoms with Crippen molar-refractivity contribution < 1.29 is 9.53 Å². The van der Waals surface area contributed by atoms with Crippen LogP contribution in [0, 0.1) is 0 Å². The lowest BCUT2D eigenvalue weighted by Crippen LogP contribution is -2.54. The summed E-state index contributed by atoms with van der Waals surface area (Å²) in [5.74, 6) is 1.36. The number of ether oxygens (including phenoxy) is 1. The van der Waals surface area contributed by atoms with E-state index in [1.807, 2.05) is 18.5 Å². The number of guanidine groups is 1. The van der Waals surface area contributed by atoms with Gasteiger partial charge >= 0.3 is 5.97 Å². The normalized spacial score (nSPS) is 17.1. The maximum absolute atomic E-state index is 11.8. The van der Waals surface area contributed by atoms with Gasteiger partial charge in [0.1, 0.15) is 11.9 Å². The van der Waals surface area contributed by atoms with Gasteiger partial charge in [-0.15, -0.1) is 11.3 Å². The first-order chi connectivity index (χ1) is 17.5. The molecule has 1 fully saturated rings. The molecule has 3 heterocycles. The summed E-state index contributed by atoms with van der Waals surface area (Å²) in [6, 6.07) is 3.74. The molecule has 3 rings (SSSR count). The molecular weight excluding hydrogens is 476 g/mol. The van der Waals surface area contributed by atoms with E-state index in [1.54, 1.807) is 18.4 Å². The standard InChI is InChI=1S/C25H38N8O2S/c1-5-10-28-24(26-3)30-13-18(2)6-8-20-15-31-25(36-20)32-22-9-7-19(14-29-22)16-33-12-11-27-21(17-33)23(34)35-4/h6-7,9,14-15,21,27H,5,8,10-13,16-17H2,1-4H3,(H2,26,28,30)(H,29,31,32)/b18-6-. The molecule has 2 aromatic rings. The first kappa shape index (κ1) is 27.6. The van der Waals surface area contributed by atoms with Gasteiger partial charge in [0.15, 0.2) is 11.1 Å². The largest absolute Gasteiger partial charge is 0.468 e. The fourth-order valence-electron chi connectivity index (χ4n) is 3.71. The Morgan fingerprint density at radius 3 is 2.92 bits per heavy atom. The molecule has 0 aliphatic carbocycles. The van der Waals surface area contributed by atoms with Crippen molar-refractivity contribution in [3.8, 4) is 0 Å². The molecule has 1 saturated heterocycles. The molecule has 0 spiro atoms. The second-order valence-corrected chi connectivity index (χ2v) is 9.80. The number of anilines is 2. The van der Waals surface area contributed by atoms with E-state index in [0.29, 0.717) is 6.54 Å². The SMILES string of the molecule is CCCNC(=NC)NC/C(C)=C\Cc1cnc(Nc2ccc(CN3CCNC(C(=O)OC)C3)cn2)s1. The summed E-state index contributed by atoms with van der Waals surface area (Å²) in [4.78, 5) is 28.5. The molecule has 2 aromatic heterocycles. The van der Waals surface area contributed by atoms with Gasteiger partial charge in [-0.25, -0.2) is 9.97 Å². The van der Waals surface area contributed by atoms with Crippen LogP contribution in [0.25, 0.3) is 0 Å². The number of carbonyl (C=O) groups excluding carboxylic acids is 1. The Labute approximate surface area is 217 Å². The number of methoxy groups -OCH3 is 1. The van der Waals surface area contributed by atoms with Crippen molar-refractivity contribution in [2.24, 2.45) is 4.99 Å². The van der Waals surface area contributed by atoms with Crippen LogP contribution in [0.15, 0.2) is 41.2 Å². The number of nitrogens with zero attached hydrogens (tertiary/aromatic N) is 4. The van der Waals surface area contributed by atoms with Crippen molar-refractivity contribution >= 4 is 34.2 Å². The van der Waals surface area contributed by atoms with E-state index < -0.39 is 0 Å². The third kappa shape index (κ3) is 8.89. The minimum atomic E-state index is -0.280. The van der Waals surface area contributed by atoms with E-state index in [4.69, 9.17) is 4.74 Å². The van der Waals surface area contributed by atoms with E-state index in [-0.39, 0.29) is 12.0 Å². The van der Waals surface area contributed by atoms with Crippen molar-refractivity contribution in [3.05, 3.63) is 46.6 Å². The Morgan fingerprint density at radius 1 is 1.33 bits per heavy atom. The van der Waals surface area contributed by atoms with Crippen LogP contribution in [0.5, 0.6) is 0 Å². The lowest BCUT2D eigenvalue weighted by molar-refractivity contribution is -0.144. The first-order valence-corrected chi connectivity index (χ1v) is 13.1. The summed E-state index contributed by atoms with van der Waals surface area (Å²) in [6.07, 6.45) is 7.88. The van der Waals surface area contributed by atoms with Crippen LogP contribution in [-0.2, 0) is 22.5 Å². The van der Waals surface area contributed by atoms with Crippen molar-refractivity contribution in [2.75, 3.05) is 52.2 Å². The van der Waals surface area contributed by atoms with E-state index in [9.17, 15) is 4.79 Å². The predicted octanol–water partition coefficient (Wildman–Crippen LogP) is 2.29. The molecule has 10 nitrogen and oxygen atoms in total. The zero-order valence-electron chi connectivity index (χ0n) is 21.6. The van der Waals surface area contributed by atoms with Gasteiger partial charge in [-0.2, -0.15) is 0 Å². The molecule has 0 radical (unpaired) electrons. The van der Waals surface area contributed by atoms with E-state index in [1.165, 1.54) is 17.6 Å². The van der Waals surface area contributed by atoms with Gasteiger partial charge in [0, 0.05) is 70.0 Å². The number of rotatable bonds is 11. The molecule has 1 unspecified atom stereocenters. The number of piperazine rings is 1. The number of esters is 1. The summed E-state index contributed by atoms with van der Waals surface area (Å²) < 4.78 is 4.86. The average Bonchev–Trinajstić information content (AvgIpc) is 3.35. The maximum atomic E-state index is 11.8. The number of aliphatic imine (C=N–C) groups is 1. The fourth-order valence-corrected chi connectivity index (χ4v) is 4.49. The Hall–Kier alpha value is -3.02. The maximum Gasteiger partial charge on any atom is 0.324 e. The smallest absolute Gasteiger partial charge is 0.324 e. The van der Waals surface area contributed by atoms with Gasteiger partial charge in [-0.1, -0.05) is 24.6 Å². The molecule has 0 saturated carbocycles. The van der Waals surface area contributed by atoms with Crippen LogP contribution >= 0.6 is 11.3 Å². The predicted molar refractivity (Wildman–Crippen MR) is 146 cm³/mol. The Bertz CT molecular complexity index is 1020. The van der Waals surface area contributed by atoms with Gasteiger partial charge in [-0.05, 0) is 25.0 Å². The van der Waals surface area contributed by atoms with Gasteiger partial charge in [0.25, 0.3) is 0 Å². The van der Waals surface area contributed by atoms with Crippen molar-refractivity contribution in [2.45, 2.75) is 39.3 Å². The number of pyridine rings is 1. The molecule has 1 atom stereocenters. The summed E-state index contributed by atoms with van der Waals surface area (Å²) in [5, 5.41) is 13.9. The monoisotopic (exact) mass is 514 g/mol. The highest BCUT2D eigenvalue weighted by molar-refractivity contribution is 7.15. The zero-order valence-corrected chi connectivity index (χ0v) is 22.5. The van der Waals surface area contributed by atoms with Crippen LogP contribution in [0.2, 0.25) is 0 Å². The lowest BCUT2D eigenvalue weighted by atomic mass is 10.2. The van der Waals surface area contributed by atoms with Gasteiger partial charge in [0.2, 0.25) is 0 Å². The molecule has 0 amide bonds.